The maximum Gasteiger partial charge on any atom is 0.374 e. The number of ether oxygens (including phenoxy) is 3. The molecule has 0 bridgehead atoms. The maximum atomic E-state index is 12.8. The van der Waals surface area contributed by atoms with Crippen LogP contribution >= 0.6 is 0 Å². The molecular formula is C24H21N3O6+2. The number of carbonyl (C=O) groups excluding carboxylic acids is 3. The van der Waals surface area contributed by atoms with Crippen molar-refractivity contribution in [2.75, 3.05) is 6.54 Å². The minimum absolute atomic E-state index is 0.00578. The van der Waals surface area contributed by atoms with Gasteiger partial charge >= 0.3 is 30.0 Å². The Morgan fingerprint density at radius 2 is 1.67 bits per heavy atom. The number of esters is 3. The van der Waals surface area contributed by atoms with E-state index in [1.807, 2.05) is 12.2 Å². The fourth-order valence-corrected chi connectivity index (χ4v) is 3.03. The van der Waals surface area contributed by atoms with E-state index in [4.69, 9.17) is 14.2 Å². The van der Waals surface area contributed by atoms with Gasteiger partial charge in [0, 0.05) is 12.6 Å². The molecule has 166 valence electrons. The predicted octanol–water partition coefficient (Wildman–Crippen LogP) is 0.472. The van der Waals surface area contributed by atoms with E-state index in [9.17, 15) is 14.4 Å². The van der Waals surface area contributed by atoms with Crippen LogP contribution in [0.3, 0.4) is 0 Å². The number of rotatable bonds is 6. The highest BCUT2D eigenvalue weighted by molar-refractivity contribution is 6.01. The third kappa shape index (κ3) is 5.79. The third-order valence-corrected chi connectivity index (χ3v) is 4.62. The molecule has 33 heavy (non-hydrogen) atoms. The second-order valence-corrected chi connectivity index (χ2v) is 7.04. The molecule has 0 radical (unpaired) electrons. The number of hydrogen-bond acceptors (Lipinski definition) is 7. The van der Waals surface area contributed by atoms with Gasteiger partial charge in [0.15, 0.2) is 18.3 Å². The standard InChI is InChI=1S/C24H19N3O6/c28-22(31-19-7-1-4-10-25-19)16-13-17(23(29)32-20-8-2-5-11-26-20)15-18(14-16)24(30)33-21-9-3-6-12-27-21/h1-8,10,12-15,21,26H,9,11H2/p+2. The van der Waals surface area contributed by atoms with Crippen LogP contribution in [0.5, 0.6) is 5.88 Å². The molecule has 1 atom stereocenters. The van der Waals surface area contributed by atoms with Crippen molar-refractivity contribution in [1.82, 2.24) is 5.32 Å². The van der Waals surface area contributed by atoms with Crippen molar-refractivity contribution in [2.24, 2.45) is 0 Å². The molecule has 4 rings (SSSR count). The number of aromatic nitrogens is 1. The van der Waals surface area contributed by atoms with Crippen LogP contribution in [-0.4, -0.2) is 36.9 Å². The van der Waals surface area contributed by atoms with Gasteiger partial charge in [0.2, 0.25) is 0 Å². The lowest BCUT2D eigenvalue weighted by Gasteiger charge is -2.13. The highest BCUT2D eigenvalue weighted by atomic mass is 16.6. The Bertz CT molecular complexity index is 1180. The van der Waals surface area contributed by atoms with E-state index in [1.54, 1.807) is 48.8 Å². The molecule has 2 aliphatic rings. The van der Waals surface area contributed by atoms with E-state index in [2.05, 4.69) is 15.3 Å². The molecule has 3 heterocycles. The maximum absolute atomic E-state index is 12.8. The summed E-state index contributed by atoms with van der Waals surface area (Å²) in [5, 5.41) is 2.91. The Labute approximate surface area is 189 Å². The monoisotopic (exact) mass is 447 g/mol. The number of benzene rings is 1. The summed E-state index contributed by atoms with van der Waals surface area (Å²) in [6.07, 6.45) is 12.0. The first-order chi connectivity index (χ1) is 16.1. The van der Waals surface area contributed by atoms with Gasteiger partial charge in [0.1, 0.15) is 0 Å². The minimum Gasteiger partial charge on any atom is -0.406 e. The highest BCUT2D eigenvalue weighted by Gasteiger charge is 2.24. The van der Waals surface area contributed by atoms with Crippen LogP contribution in [0.2, 0.25) is 0 Å². The van der Waals surface area contributed by atoms with Crippen molar-refractivity contribution in [2.45, 2.75) is 12.6 Å². The topological polar surface area (TPSA) is 119 Å². The van der Waals surface area contributed by atoms with Gasteiger partial charge < -0.3 is 19.5 Å². The summed E-state index contributed by atoms with van der Waals surface area (Å²) >= 11 is 0. The fraction of sp³-hybridized carbons (Fsp3) is 0.125. The number of H-pyrrole nitrogens is 1. The van der Waals surface area contributed by atoms with Crippen LogP contribution in [0, 0.1) is 0 Å². The largest absolute Gasteiger partial charge is 0.406 e. The van der Waals surface area contributed by atoms with Gasteiger partial charge in [-0.05, 0) is 36.4 Å². The van der Waals surface area contributed by atoms with Gasteiger partial charge in [-0.1, -0.05) is 18.2 Å². The number of carbonyl (C=O) groups is 3. The Kier molecular flexibility index (Phi) is 6.70. The molecule has 9 heteroatoms. The van der Waals surface area contributed by atoms with Gasteiger partial charge in [-0.3, -0.25) is 0 Å². The number of aromatic amines is 1. The SMILES string of the molecule is O=C(OC1=CC=CCN1)c1cc(C(=O)Oc2cccc[nH+]2)cc(C(=O)OC2CC=CC=[NH+]2)c1. The summed E-state index contributed by atoms with van der Waals surface area (Å²) in [4.78, 5) is 44.0. The Morgan fingerprint density at radius 1 is 0.909 bits per heavy atom. The highest BCUT2D eigenvalue weighted by Crippen LogP contribution is 2.17. The molecule has 2 aliphatic heterocycles. The summed E-state index contributed by atoms with van der Waals surface area (Å²) in [6, 6.07) is 8.93. The molecule has 3 N–H and O–H groups in total. The molecule has 9 nitrogen and oxygen atoms in total. The Hall–Kier alpha value is -4.53. The molecule has 1 aromatic carbocycles. The lowest BCUT2D eigenvalue weighted by Crippen LogP contribution is -2.78. The van der Waals surface area contributed by atoms with Crippen LogP contribution < -0.4 is 20.0 Å². The third-order valence-electron chi connectivity index (χ3n) is 4.62. The lowest BCUT2D eigenvalue weighted by molar-refractivity contribution is -0.547. The van der Waals surface area contributed by atoms with E-state index in [1.165, 1.54) is 18.2 Å². The molecule has 1 unspecified atom stereocenters. The zero-order chi connectivity index (χ0) is 23.0. The van der Waals surface area contributed by atoms with Crippen molar-refractivity contribution in [3.8, 4) is 5.88 Å². The predicted molar refractivity (Wildman–Crippen MR) is 115 cm³/mol. The molecule has 0 fully saturated rings. The van der Waals surface area contributed by atoms with Gasteiger partial charge in [-0.15, -0.1) is 0 Å². The van der Waals surface area contributed by atoms with E-state index in [-0.39, 0.29) is 28.5 Å². The Balaban J connectivity index is 1.60. The van der Waals surface area contributed by atoms with Crippen LogP contribution in [0.1, 0.15) is 37.5 Å². The summed E-state index contributed by atoms with van der Waals surface area (Å²) in [7, 11) is 0. The molecule has 2 aromatic rings. The van der Waals surface area contributed by atoms with E-state index < -0.39 is 24.1 Å². The number of nitrogens with one attached hydrogen (secondary N) is 3. The quantitative estimate of drug-likeness (QED) is 0.618. The van der Waals surface area contributed by atoms with Gasteiger partial charge in [0.05, 0.1) is 29.2 Å². The van der Waals surface area contributed by atoms with Crippen molar-refractivity contribution in [3.63, 3.8) is 0 Å². The average Bonchev–Trinajstić information content (AvgIpc) is 2.85. The van der Waals surface area contributed by atoms with Crippen LogP contribution in [0.4, 0.5) is 0 Å². The number of pyridine rings is 1. The van der Waals surface area contributed by atoms with Crippen molar-refractivity contribution in [3.05, 3.63) is 95.5 Å². The molecule has 0 aliphatic carbocycles. The van der Waals surface area contributed by atoms with Crippen molar-refractivity contribution in [1.29, 1.82) is 0 Å². The summed E-state index contributed by atoms with van der Waals surface area (Å²) < 4.78 is 16.1. The lowest BCUT2D eigenvalue weighted by atomic mass is 10.1. The second kappa shape index (κ2) is 10.2. The summed E-state index contributed by atoms with van der Waals surface area (Å²) in [6.45, 7) is 0.510. The first-order valence-corrected chi connectivity index (χ1v) is 10.2. The summed E-state index contributed by atoms with van der Waals surface area (Å²) in [5.74, 6) is -1.75. The van der Waals surface area contributed by atoms with E-state index >= 15 is 0 Å². The minimum atomic E-state index is -0.758. The number of allylic oxidation sites excluding steroid dienone is 3. The molecule has 1 aromatic heterocycles. The van der Waals surface area contributed by atoms with E-state index in [0.29, 0.717) is 13.0 Å². The van der Waals surface area contributed by atoms with Gasteiger partial charge in [-0.2, -0.15) is 4.98 Å². The van der Waals surface area contributed by atoms with E-state index in [0.717, 1.165) is 0 Å². The van der Waals surface area contributed by atoms with Crippen LogP contribution in [0.25, 0.3) is 0 Å². The van der Waals surface area contributed by atoms with Gasteiger partial charge in [-0.25, -0.2) is 19.4 Å². The number of hydrogen-bond donors (Lipinski definition) is 2. The zero-order valence-electron chi connectivity index (χ0n) is 17.4. The molecule has 0 amide bonds. The first-order valence-electron chi connectivity index (χ1n) is 10.2. The molecular weight excluding hydrogens is 426 g/mol. The second-order valence-electron chi connectivity index (χ2n) is 7.04. The fourth-order valence-electron chi connectivity index (χ4n) is 3.03. The summed E-state index contributed by atoms with van der Waals surface area (Å²) in [5.41, 5.74) is -0.00813. The van der Waals surface area contributed by atoms with Crippen molar-refractivity contribution >= 4 is 24.1 Å². The number of dihydropyridines is 1. The van der Waals surface area contributed by atoms with Crippen molar-refractivity contribution < 1.29 is 38.6 Å². The Morgan fingerprint density at radius 3 is 2.30 bits per heavy atom. The zero-order valence-corrected chi connectivity index (χ0v) is 17.4. The normalized spacial score (nSPS) is 16.4. The smallest absolute Gasteiger partial charge is 0.374 e. The van der Waals surface area contributed by atoms with Crippen LogP contribution in [-0.2, 0) is 9.47 Å². The average molecular weight is 447 g/mol. The van der Waals surface area contributed by atoms with Crippen LogP contribution in [0.15, 0.2) is 78.9 Å². The molecule has 0 saturated heterocycles. The van der Waals surface area contributed by atoms with Gasteiger partial charge in [0.25, 0.3) is 0 Å². The first kappa shape index (κ1) is 21.7. The molecule has 0 spiro atoms. The molecule has 0 saturated carbocycles.